The van der Waals surface area contributed by atoms with Gasteiger partial charge in [-0.05, 0) is 26.0 Å². The molecule has 0 heterocycles. The zero-order chi connectivity index (χ0) is 12.0. The number of benzene rings is 1. The maximum Gasteiger partial charge on any atom is 0.432 e. The second-order valence-electron chi connectivity index (χ2n) is 3.00. The average molecular weight is 245 g/mol. The molecule has 90 valence electrons. The summed E-state index contributed by atoms with van der Waals surface area (Å²) in [5.41, 5.74) is 0.491. The van der Waals surface area contributed by atoms with E-state index in [1.54, 1.807) is 26.0 Å². The summed E-state index contributed by atoms with van der Waals surface area (Å²) in [5, 5.41) is 11.9. The standard InChI is InChI=1S/C10H16NO4P/c1-3-14-16(13,15-4-2)11-9-6-5-7-10(12)8-9/h5-8,12H,3-4H2,1-2H3,(H,11,13). The van der Waals surface area contributed by atoms with Crippen LogP contribution in [0, 0.1) is 0 Å². The lowest BCUT2D eigenvalue weighted by Gasteiger charge is -2.18. The number of phenolic OH excluding ortho intramolecular Hbond substituents is 1. The molecule has 0 aliphatic rings. The quantitative estimate of drug-likeness (QED) is 0.754. The smallest absolute Gasteiger partial charge is 0.432 e. The zero-order valence-corrected chi connectivity index (χ0v) is 10.2. The third-order valence-corrected chi connectivity index (χ3v) is 3.44. The van der Waals surface area contributed by atoms with Gasteiger partial charge in [-0.15, -0.1) is 0 Å². The average Bonchev–Trinajstić information content (AvgIpc) is 2.17. The van der Waals surface area contributed by atoms with Gasteiger partial charge in [-0.25, -0.2) is 4.57 Å². The molecule has 0 radical (unpaired) electrons. The van der Waals surface area contributed by atoms with Crippen molar-refractivity contribution >= 4 is 13.4 Å². The van der Waals surface area contributed by atoms with Gasteiger partial charge in [-0.2, -0.15) is 0 Å². The second-order valence-corrected chi connectivity index (χ2v) is 4.73. The minimum Gasteiger partial charge on any atom is -0.508 e. The lowest BCUT2D eigenvalue weighted by molar-refractivity contribution is 0.225. The number of nitrogens with one attached hydrogen (secondary N) is 1. The van der Waals surface area contributed by atoms with Gasteiger partial charge in [0.2, 0.25) is 0 Å². The second kappa shape index (κ2) is 5.89. The Labute approximate surface area is 95.0 Å². The van der Waals surface area contributed by atoms with Gasteiger partial charge >= 0.3 is 7.75 Å². The molecule has 0 spiro atoms. The topological polar surface area (TPSA) is 67.8 Å². The molecule has 1 aromatic rings. The van der Waals surface area contributed by atoms with Crippen LogP contribution in [0.2, 0.25) is 0 Å². The van der Waals surface area contributed by atoms with Crippen LogP contribution in [0.1, 0.15) is 13.8 Å². The molecule has 1 rings (SSSR count). The normalized spacial score (nSPS) is 11.4. The molecule has 0 bridgehead atoms. The molecule has 1 aromatic carbocycles. The molecule has 16 heavy (non-hydrogen) atoms. The Morgan fingerprint density at radius 1 is 1.31 bits per heavy atom. The monoisotopic (exact) mass is 245 g/mol. The number of anilines is 1. The zero-order valence-electron chi connectivity index (χ0n) is 9.34. The third-order valence-electron chi connectivity index (χ3n) is 1.71. The van der Waals surface area contributed by atoms with Crippen LogP contribution in [-0.2, 0) is 13.6 Å². The van der Waals surface area contributed by atoms with E-state index in [2.05, 4.69) is 5.09 Å². The molecule has 0 fully saturated rings. The fourth-order valence-corrected chi connectivity index (χ4v) is 2.51. The SMILES string of the molecule is CCOP(=O)(Nc1cccc(O)c1)OCC. The van der Waals surface area contributed by atoms with Crippen molar-refractivity contribution in [2.45, 2.75) is 13.8 Å². The van der Waals surface area contributed by atoms with Crippen LogP contribution in [-0.4, -0.2) is 18.3 Å². The predicted octanol–water partition coefficient (Wildman–Crippen LogP) is 2.99. The number of hydrogen-bond acceptors (Lipinski definition) is 4. The molecule has 0 aromatic heterocycles. The van der Waals surface area contributed by atoms with Crippen LogP contribution in [0.15, 0.2) is 24.3 Å². The molecule has 5 nitrogen and oxygen atoms in total. The summed E-state index contributed by atoms with van der Waals surface area (Å²) in [4.78, 5) is 0. The highest BCUT2D eigenvalue weighted by Crippen LogP contribution is 2.47. The highest BCUT2D eigenvalue weighted by molar-refractivity contribution is 7.55. The van der Waals surface area contributed by atoms with Crippen LogP contribution >= 0.6 is 7.75 Å². The van der Waals surface area contributed by atoms with E-state index in [1.807, 2.05) is 0 Å². The first kappa shape index (κ1) is 13.0. The van der Waals surface area contributed by atoms with E-state index in [0.29, 0.717) is 5.69 Å². The molecule has 6 heteroatoms. The number of rotatable bonds is 6. The molecule has 0 aliphatic carbocycles. The van der Waals surface area contributed by atoms with E-state index < -0.39 is 7.75 Å². The maximum absolute atomic E-state index is 12.1. The van der Waals surface area contributed by atoms with E-state index in [4.69, 9.17) is 9.05 Å². The molecule has 0 saturated carbocycles. The molecule has 0 amide bonds. The van der Waals surface area contributed by atoms with E-state index in [9.17, 15) is 9.67 Å². The van der Waals surface area contributed by atoms with Crippen molar-refractivity contribution in [3.05, 3.63) is 24.3 Å². The first-order chi connectivity index (χ1) is 7.59. The van der Waals surface area contributed by atoms with Crippen molar-refractivity contribution in [1.29, 1.82) is 0 Å². The van der Waals surface area contributed by atoms with Crippen LogP contribution < -0.4 is 5.09 Å². The van der Waals surface area contributed by atoms with Gasteiger partial charge in [0.05, 0.1) is 13.2 Å². The van der Waals surface area contributed by atoms with E-state index >= 15 is 0 Å². The van der Waals surface area contributed by atoms with Gasteiger partial charge in [0.15, 0.2) is 0 Å². The van der Waals surface area contributed by atoms with Crippen molar-refractivity contribution in [1.82, 2.24) is 0 Å². The molecule has 0 atom stereocenters. The first-order valence-electron chi connectivity index (χ1n) is 5.06. The van der Waals surface area contributed by atoms with Gasteiger partial charge in [-0.1, -0.05) is 6.07 Å². The Morgan fingerprint density at radius 2 is 1.94 bits per heavy atom. The van der Waals surface area contributed by atoms with Crippen LogP contribution in [0.5, 0.6) is 5.75 Å². The molecule has 2 N–H and O–H groups in total. The minimum absolute atomic E-state index is 0.0875. The van der Waals surface area contributed by atoms with Gasteiger partial charge < -0.3 is 5.11 Å². The van der Waals surface area contributed by atoms with Crippen molar-refractivity contribution in [3.8, 4) is 5.75 Å². The molecule has 0 unspecified atom stereocenters. The fourth-order valence-electron chi connectivity index (χ4n) is 1.18. The number of hydrogen-bond donors (Lipinski definition) is 2. The summed E-state index contributed by atoms with van der Waals surface area (Å²) < 4.78 is 22.2. The summed E-state index contributed by atoms with van der Waals surface area (Å²) in [5.74, 6) is 0.0875. The first-order valence-corrected chi connectivity index (χ1v) is 6.60. The molecular formula is C10H16NO4P. The highest BCUT2D eigenvalue weighted by Gasteiger charge is 2.23. The Bertz CT molecular complexity index is 373. The van der Waals surface area contributed by atoms with Crippen LogP contribution in [0.25, 0.3) is 0 Å². The van der Waals surface area contributed by atoms with Crippen molar-refractivity contribution in [2.75, 3.05) is 18.3 Å². The van der Waals surface area contributed by atoms with Crippen LogP contribution in [0.3, 0.4) is 0 Å². The van der Waals surface area contributed by atoms with Crippen molar-refractivity contribution in [3.63, 3.8) is 0 Å². The molecule has 0 aliphatic heterocycles. The Morgan fingerprint density at radius 3 is 2.44 bits per heavy atom. The van der Waals surface area contributed by atoms with E-state index in [1.165, 1.54) is 12.1 Å². The van der Waals surface area contributed by atoms with Crippen molar-refractivity contribution in [2.24, 2.45) is 0 Å². The lowest BCUT2D eigenvalue weighted by Crippen LogP contribution is -2.04. The summed E-state index contributed by atoms with van der Waals surface area (Å²) >= 11 is 0. The fraction of sp³-hybridized carbons (Fsp3) is 0.400. The lowest BCUT2D eigenvalue weighted by atomic mass is 10.3. The summed E-state index contributed by atoms with van der Waals surface area (Å²) in [6.45, 7) is 4.03. The third kappa shape index (κ3) is 3.85. The van der Waals surface area contributed by atoms with Gasteiger partial charge in [0.25, 0.3) is 0 Å². The predicted molar refractivity (Wildman–Crippen MR) is 62.6 cm³/mol. The van der Waals surface area contributed by atoms with Gasteiger partial charge in [0, 0.05) is 11.8 Å². The molecule has 0 saturated heterocycles. The van der Waals surface area contributed by atoms with Crippen LogP contribution in [0.4, 0.5) is 5.69 Å². The van der Waals surface area contributed by atoms with E-state index in [-0.39, 0.29) is 19.0 Å². The summed E-state index contributed by atoms with van der Waals surface area (Å²) in [7, 11) is -3.32. The highest BCUT2D eigenvalue weighted by atomic mass is 31.2. The summed E-state index contributed by atoms with van der Waals surface area (Å²) in [6, 6.07) is 6.28. The maximum atomic E-state index is 12.1. The Balaban J connectivity index is 2.79. The Kier molecular flexibility index (Phi) is 4.80. The number of phenols is 1. The van der Waals surface area contributed by atoms with Crippen molar-refractivity contribution < 1.29 is 18.7 Å². The minimum atomic E-state index is -3.32. The number of aromatic hydroxyl groups is 1. The van der Waals surface area contributed by atoms with E-state index in [0.717, 1.165) is 0 Å². The van der Waals surface area contributed by atoms with Gasteiger partial charge in [-0.3, -0.25) is 14.1 Å². The van der Waals surface area contributed by atoms with Gasteiger partial charge in [0.1, 0.15) is 5.75 Å². The molecular weight excluding hydrogens is 229 g/mol. The summed E-state index contributed by atoms with van der Waals surface area (Å²) in [6.07, 6.45) is 0. The Hall–Kier alpha value is -1.03. The largest absolute Gasteiger partial charge is 0.508 e.